The summed E-state index contributed by atoms with van der Waals surface area (Å²) in [6.45, 7) is 4.88. The van der Waals surface area contributed by atoms with Crippen molar-refractivity contribution in [2.24, 2.45) is 5.84 Å². The summed E-state index contributed by atoms with van der Waals surface area (Å²) in [4.78, 5) is 7.29. The van der Waals surface area contributed by atoms with Crippen molar-refractivity contribution in [2.45, 2.75) is 25.9 Å². The Balaban J connectivity index is 2.61. The van der Waals surface area contributed by atoms with Gasteiger partial charge in [-0.25, -0.2) is 10.8 Å². The van der Waals surface area contributed by atoms with Crippen LogP contribution in [0, 0.1) is 0 Å². The van der Waals surface area contributed by atoms with Crippen LogP contribution in [0.2, 0.25) is 0 Å². The normalized spacial score (nSPS) is 12.1. The summed E-state index contributed by atoms with van der Waals surface area (Å²) in [6, 6.07) is 0. The molecule has 86 valence electrons. The third-order valence-corrected chi connectivity index (χ3v) is 3.40. The highest BCUT2D eigenvalue weighted by atomic mass is 32.1. The van der Waals surface area contributed by atoms with Gasteiger partial charge in [0.1, 0.15) is 0 Å². The minimum atomic E-state index is -0.222. The summed E-state index contributed by atoms with van der Waals surface area (Å²) in [5, 5.41) is 9.92. The largest absolute Gasteiger partial charge is 0.394 e. The number of nitrogens with zero attached hydrogens (tertiary/aromatic N) is 2. The van der Waals surface area contributed by atoms with E-state index >= 15 is 0 Å². The zero-order chi connectivity index (χ0) is 11.5. The van der Waals surface area contributed by atoms with Crippen LogP contribution in [0.5, 0.6) is 0 Å². The van der Waals surface area contributed by atoms with Crippen molar-refractivity contribution in [3.8, 4) is 0 Å². The fourth-order valence-electron chi connectivity index (χ4n) is 1.02. The standard InChI is InChI=1S/C9H18N4OS/c1-9(2,6-14)13(3)5-7-4-11-8(12-10)15-7/h4,14H,5-6,10H2,1-3H3,(H,11,12). The number of anilines is 1. The number of hydrazine groups is 1. The number of aliphatic hydroxyl groups excluding tert-OH is 1. The van der Waals surface area contributed by atoms with Crippen LogP contribution in [0.4, 0.5) is 5.13 Å². The third kappa shape index (κ3) is 3.13. The quantitative estimate of drug-likeness (QED) is 0.511. The molecule has 0 aliphatic carbocycles. The molecule has 0 spiro atoms. The molecule has 0 amide bonds. The zero-order valence-corrected chi connectivity index (χ0v) is 10.1. The molecule has 15 heavy (non-hydrogen) atoms. The molecule has 5 nitrogen and oxygen atoms in total. The molecule has 0 unspecified atom stereocenters. The van der Waals surface area contributed by atoms with Gasteiger partial charge in [-0.05, 0) is 20.9 Å². The Labute approximate surface area is 93.9 Å². The van der Waals surface area contributed by atoms with Crippen LogP contribution in [-0.4, -0.2) is 34.2 Å². The Morgan fingerprint density at radius 2 is 2.33 bits per heavy atom. The van der Waals surface area contributed by atoms with Crippen LogP contribution in [-0.2, 0) is 6.54 Å². The van der Waals surface area contributed by atoms with Gasteiger partial charge in [0.05, 0.1) is 6.61 Å². The highest BCUT2D eigenvalue weighted by Crippen LogP contribution is 2.21. The van der Waals surface area contributed by atoms with E-state index in [1.165, 1.54) is 11.3 Å². The van der Waals surface area contributed by atoms with Gasteiger partial charge in [-0.1, -0.05) is 11.3 Å². The number of aliphatic hydroxyl groups is 1. The van der Waals surface area contributed by atoms with Gasteiger partial charge in [0.2, 0.25) is 0 Å². The number of aromatic nitrogens is 1. The molecule has 6 heteroatoms. The van der Waals surface area contributed by atoms with Crippen LogP contribution in [0.15, 0.2) is 6.20 Å². The molecular weight excluding hydrogens is 212 g/mol. The Kier molecular flexibility index (Phi) is 4.04. The summed E-state index contributed by atoms with van der Waals surface area (Å²) in [6.07, 6.45) is 1.80. The molecule has 0 radical (unpaired) electrons. The number of nitrogen functional groups attached to an aromatic ring is 1. The minimum absolute atomic E-state index is 0.129. The first-order chi connectivity index (χ1) is 6.99. The van der Waals surface area contributed by atoms with Gasteiger partial charge in [-0.15, -0.1) is 0 Å². The fraction of sp³-hybridized carbons (Fsp3) is 0.667. The SMILES string of the molecule is CN(Cc1cnc(NN)s1)C(C)(C)CO. The molecule has 1 aromatic rings. The lowest BCUT2D eigenvalue weighted by atomic mass is 10.1. The smallest absolute Gasteiger partial charge is 0.197 e. The molecule has 0 aromatic carbocycles. The Morgan fingerprint density at radius 1 is 1.67 bits per heavy atom. The molecule has 4 N–H and O–H groups in total. The zero-order valence-electron chi connectivity index (χ0n) is 9.32. The van der Waals surface area contributed by atoms with E-state index in [0.29, 0.717) is 5.13 Å². The van der Waals surface area contributed by atoms with Crippen LogP contribution in [0.1, 0.15) is 18.7 Å². The average molecular weight is 230 g/mol. The first-order valence-electron chi connectivity index (χ1n) is 4.73. The highest BCUT2D eigenvalue weighted by Gasteiger charge is 2.22. The summed E-state index contributed by atoms with van der Waals surface area (Å²) in [5.41, 5.74) is 2.29. The number of hydrogen-bond acceptors (Lipinski definition) is 6. The number of nitrogens with two attached hydrogens (primary N) is 1. The maximum atomic E-state index is 9.21. The monoisotopic (exact) mass is 230 g/mol. The lowest BCUT2D eigenvalue weighted by Gasteiger charge is -2.33. The second-order valence-electron chi connectivity index (χ2n) is 4.10. The molecule has 0 saturated carbocycles. The van der Waals surface area contributed by atoms with Gasteiger partial charge in [-0.3, -0.25) is 10.3 Å². The van der Waals surface area contributed by atoms with E-state index in [-0.39, 0.29) is 12.1 Å². The minimum Gasteiger partial charge on any atom is -0.394 e. The first kappa shape index (κ1) is 12.4. The van der Waals surface area contributed by atoms with E-state index in [4.69, 9.17) is 5.84 Å². The predicted molar refractivity (Wildman–Crippen MR) is 62.6 cm³/mol. The molecule has 0 fully saturated rings. The van der Waals surface area contributed by atoms with Gasteiger partial charge in [0.25, 0.3) is 0 Å². The van der Waals surface area contributed by atoms with Crippen molar-refractivity contribution in [3.63, 3.8) is 0 Å². The third-order valence-electron chi connectivity index (χ3n) is 2.49. The van der Waals surface area contributed by atoms with Crippen LogP contribution >= 0.6 is 11.3 Å². The summed E-state index contributed by atoms with van der Waals surface area (Å²) >= 11 is 1.52. The topological polar surface area (TPSA) is 74.4 Å². The second kappa shape index (κ2) is 4.89. The maximum absolute atomic E-state index is 9.21. The van der Waals surface area contributed by atoms with E-state index in [2.05, 4.69) is 15.3 Å². The van der Waals surface area contributed by atoms with Crippen molar-refractivity contribution < 1.29 is 5.11 Å². The lowest BCUT2D eigenvalue weighted by Crippen LogP contribution is -2.43. The molecule has 0 saturated heterocycles. The Morgan fingerprint density at radius 3 is 2.80 bits per heavy atom. The van der Waals surface area contributed by atoms with Crippen LogP contribution in [0.3, 0.4) is 0 Å². The Hall–Kier alpha value is -0.690. The van der Waals surface area contributed by atoms with Crippen molar-refractivity contribution in [1.29, 1.82) is 0 Å². The van der Waals surface area contributed by atoms with Gasteiger partial charge in [0, 0.05) is 23.2 Å². The molecule has 1 aromatic heterocycles. The molecule has 1 rings (SSSR count). The fourth-order valence-corrected chi connectivity index (χ4v) is 1.79. The van der Waals surface area contributed by atoms with Gasteiger partial charge >= 0.3 is 0 Å². The van der Waals surface area contributed by atoms with Crippen molar-refractivity contribution in [1.82, 2.24) is 9.88 Å². The number of nitrogens with one attached hydrogen (secondary N) is 1. The predicted octanol–water partition coefficient (Wildman–Crippen LogP) is 0.631. The van der Waals surface area contributed by atoms with Crippen molar-refractivity contribution in [2.75, 3.05) is 19.1 Å². The number of likely N-dealkylation sites (N-methyl/N-ethyl adjacent to an activating group) is 1. The van der Waals surface area contributed by atoms with E-state index in [1.807, 2.05) is 20.9 Å². The van der Waals surface area contributed by atoms with E-state index in [9.17, 15) is 5.11 Å². The average Bonchev–Trinajstić information content (AvgIpc) is 2.65. The Bertz CT molecular complexity index is 313. The highest BCUT2D eigenvalue weighted by molar-refractivity contribution is 7.15. The van der Waals surface area contributed by atoms with Crippen LogP contribution in [0.25, 0.3) is 0 Å². The molecule has 1 heterocycles. The lowest BCUT2D eigenvalue weighted by molar-refractivity contribution is 0.0741. The molecular formula is C9H18N4OS. The summed E-state index contributed by atoms with van der Waals surface area (Å²) in [5.74, 6) is 5.25. The molecule has 0 aliphatic rings. The molecule has 0 bridgehead atoms. The molecule has 0 atom stereocenters. The van der Waals surface area contributed by atoms with Gasteiger partial charge < -0.3 is 5.11 Å². The van der Waals surface area contributed by atoms with E-state index < -0.39 is 0 Å². The second-order valence-corrected chi connectivity index (χ2v) is 5.22. The number of hydrogen-bond donors (Lipinski definition) is 3. The van der Waals surface area contributed by atoms with Crippen molar-refractivity contribution in [3.05, 3.63) is 11.1 Å². The van der Waals surface area contributed by atoms with Crippen molar-refractivity contribution >= 4 is 16.5 Å². The van der Waals surface area contributed by atoms with Gasteiger partial charge in [-0.2, -0.15) is 0 Å². The summed E-state index contributed by atoms with van der Waals surface area (Å²) < 4.78 is 0. The maximum Gasteiger partial charge on any atom is 0.197 e. The first-order valence-corrected chi connectivity index (χ1v) is 5.54. The van der Waals surface area contributed by atoms with E-state index in [1.54, 1.807) is 6.20 Å². The molecule has 0 aliphatic heterocycles. The van der Waals surface area contributed by atoms with E-state index in [0.717, 1.165) is 11.4 Å². The van der Waals surface area contributed by atoms with Crippen LogP contribution < -0.4 is 11.3 Å². The summed E-state index contributed by atoms with van der Waals surface area (Å²) in [7, 11) is 1.98. The number of rotatable bonds is 5. The van der Waals surface area contributed by atoms with Gasteiger partial charge in [0.15, 0.2) is 5.13 Å². The number of thiazole rings is 1.